The van der Waals surface area contributed by atoms with Crippen molar-refractivity contribution >= 4 is 0 Å². The molecule has 18 heavy (non-hydrogen) atoms. The van der Waals surface area contributed by atoms with Gasteiger partial charge in [-0.2, -0.15) is 0 Å². The van der Waals surface area contributed by atoms with Gasteiger partial charge in [-0.15, -0.1) is 0 Å². The van der Waals surface area contributed by atoms with Gasteiger partial charge >= 0.3 is 0 Å². The Bertz CT molecular complexity index is 426. The second-order valence-electron chi connectivity index (χ2n) is 5.98. The van der Waals surface area contributed by atoms with E-state index < -0.39 is 0 Å². The second-order valence-corrected chi connectivity index (χ2v) is 5.98. The van der Waals surface area contributed by atoms with Crippen molar-refractivity contribution < 1.29 is 4.74 Å². The van der Waals surface area contributed by atoms with Gasteiger partial charge in [0.1, 0.15) is 0 Å². The molecule has 1 aromatic heterocycles. The Morgan fingerprint density at radius 2 is 1.94 bits per heavy atom. The van der Waals surface area contributed by atoms with Crippen LogP contribution in [0.5, 0.6) is 0 Å². The van der Waals surface area contributed by atoms with Crippen LogP contribution in [0.2, 0.25) is 0 Å². The zero-order chi connectivity index (χ0) is 12.5. The van der Waals surface area contributed by atoms with E-state index in [1.807, 2.05) is 0 Å². The summed E-state index contributed by atoms with van der Waals surface area (Å²) in [5.41, 5.74) is 2.74. The van der Waals surface area contributed by atoms with E-state index >= 15 is 0 Å². The molecule has 3 atom stereocenters. The van der Waals surface area contributed by atoms with E-state index in [2.05, 4.69) is 43.0 Å². The quantitative estimate of drug-likeness (QED) is 0.573. The van der Waals surface area contributed by atoms with E-state index in [1.165, 1.54) is 24.0 Å². The van der Waals surface area contributed by atoms with E-state index in [-0.39, 0.29) is 0 Å². The van der Waals surface area contributed by atoms with E-state index in [1.54, 1.807) is 0 Å². The molecule has 2 heteroatoms. The summed E-state index contributed by atoms with van der Waals surface area (Å²) < 4.78 is 8.11. The first-order valence-corrected chi connectivity index (χ1v) is 7.11. The second kappa shape index (κ2) is 4.93. The summed E-state index contributed by atoms with van der Waals surface area (Å²) in [7, 11) is 0. The van der Waals surface area contributed by atoms with Gasteiger partial charge in [-0.25, -0.2) is 0 Å². The zero-order valence-corrected chi connectivity index (χ0v) is 11.4. The summed E-state index contributed by atoms with van der Waals surface area (Å²) in [4.78, 5) is 0. The van der Waals surface area contributed by atoms with Crippen molar-refractivity contribution in [2.24, 2.45) is 17.8 Å². The van der Waals surface area contributed by atoms with Crippen molar-refractivity contribution in [1.29, 1.82) is 0 Å². The summed E-state index contributed by atoms with van der Waals surface area (Å²) in [6.07, 6.45) is 11.9. The highest BCUT2D eigenvalue weighted by Crippen LogP contribution is 2.43. The van der Waals surface area contributed by atoms with Gasteiger partial charge in [-0.05, 0) is 55.6 Å². The molecule has 2 bridgehead atoms. The molecule has 2 nitrogen and oxygen atoms in total. The molecule has 0 radical (unpaired) electrons. The van der Waals surface area contributed by atoms with E-state index in [9.17, 15) is 0 Å². The van der Waals surface area contributed by atoms with E-state index in [0.29, 0.717) is 0 Å². The van der Waals surface area contributed by atoms with Gasteiger partial charge < -0.3 is 9.30 Å². The van der Waals surface area contributed by atoms with Crippen molar-refractivity contribution in [3.05, 3.63) is 35.7 Å². The summed E-state index contributed by atoms with van der Waals surface area (Å²) >= 11 is 0. The highest BCUT2D eigenvalue weighted by atomic mass is 16.5. The van der Waals surface area contributed by atoms with Gasteiger partial charge in [-0.3, -0.25) is 0 Å². The van der Waals surface area contributed by atoms with Crippen LogP contribution in [0.15, 0.2) is 24.5 Å². The number of fused-ring (bicyclic) bond motifs is 2. The Balaban J connectivity index is 1.39. The highest BCUT2D eigenvalue weighted by Gasteiger charge is 2.35. The molecule has 1 saturated carbocycles. The fraction of sp³-hybridized carbons (Fsp3) is 0.625. The largest absolute Gasteiger partial charge is 0.379 e. The third-order valence-electron chi connectivity index (χ3n) is 4.58. The first-order valence-electron chi connectivity index (χ1n) is 7.11. The lowest BCUT2D eigenvalue weighted by Gasteiger charge is -2.17. The number of aromatic nitrogens is 1. The fourth-order valence-corrected chi connectivity index (χ4v) is 3.36. The minimum Gasteiger partial charge on any atom is -0.379 e. The van der Waals surface area contributed by atoms with Crippen LogP contribution < -0.4 is 0 Å². The Labute approximate surface area is 110 Å². The molecule has 3 rings (SSSR count). The van der Waals surface area contributed by atoms with Gasteiger partial charge in [0.15, 0.2) is 0 Å². The Morgan fingerprint density at radius 1 is 1.17 bits per heavy atom. The van der Waals surface area contributed by atoms with Crippen molar-refractivity contribution in [1.82, 2.24) is 4.57 Å². The van der Waals surface area contributed by atoms with Crippen LogP contribution in [-0.2, 0) is 11.3 Å². The maximum Gasteiger partial charge on any atom is 0.0645 e. The number of allylic oxidation sites excluding steroid dienone is 2. The Hall–Kier alpha value is -1.02. The molecule has 1 aromatic rings. The summed E-state index contributed by atoms with van der Waals surface area (Å²) in [6, 6.07) is 0. The van der Waals surface area contributed by atoms with Gasteiger partial charge in [0, 0.05) is 18.9 Å². The predicted octanol–water partition coefficient (Wildman–Crippen LogP) is 3.33. The molecule has 2 aliphatic rings. The monoisotopic (exact) mass is 245 g/mol. The maximum atomic E-state index is 5.87. The molecule has 3 unspecified atom stereocenters. The lowest BCUT2D eigenvalue weighted by molar-refractivity contribution is 0.0849. The number of nitrogens with zero attached hydrogens (tertiary/aromatic N) is 1. The maximum absolute atomic E-state index is 5.87. The summed E-state index contributed by atoms with van der Waals surface area (Å²) in [5, 5.41) is 0. The molecule has 2 aliphatic carbocycles. The predicted molar refractivity (Wildman–Crippen MR) is 73.6 cm³/mol. The van der Waals surface area contributed by atoms with E-state index in [0.717, 1.165) is 37.5 Å². The Morgan fingerprint density at radius 3 is 2.56 bits per heavy atom. The molecule has 1 heterocycles. The molecular formula is C16H23NO. The molecule has 0 aromatic carbocycles. The minimum absolute atomic E-state index is 0.785. The average molecular weight is 245 g/mol. The molecule has 0 N–H and O–H groups in total. The van der Waals surface area contributed by atoms with Gasteiger partial charge in [0.05, 0.1) is 13.2 Å². The third kappa shape index (κ3) is 2.39. The molecule has 0 amide bonds. The number of hydrogen-bond donors (Lipinski definition) is 0. The number of aryl methyl sites for hydroxylation is 2. The normalized spacial score (nSPS) is 29.3. The van der Waals surface area contributed by atoms with Crippen molar-refractivity contribution in [3.63, 3.8) is 0 Å². The Kier molecular flexibility index (Phi) is 3.29. The molecule has 0 saturated heterocycles. The SMILES string of the molecule is Cc1cn(CCOCC2CC3C=CC2C3)cc1C. The van der Waals surface area contributed by atoms with Crippen LogP contribution >= 0.6 is 0 Å². The minimum atomic E-state index is 0.785. The smallest absolute Gasteiger partial charge is 0.0645 e. The highest BCUT2D eigenvalue weighted by molar-refractivity contribution is 5.20. The van der Waals surface area contributed by atoms with Crippen LogP contribution in [0, 0.1) is 31.6 Å². The fourth-order valence-electron chi connectivity index (χ4n) is 3.36. The first-order chi connectivity index (χ1) is 8.72. The number of rotatable bonds is 5. The molecule has 1 fully saturated rings. The third-order valence-corrected chi connectivity index (χ3v) is 4.58. The first kappa shape index (κ1) is 12.0. The van der Waals surface area contributed by atoms with Crippen LogP contribution in [0.1, 0.15) is 24.0 Å². The standard InChI is InChI=1S/C16H23NO/c1-12-9-17(10-13(12)2)5-6-18-11-16-8-14-3-4-15(16)7-14/h3-4,9-10,14-16H,5-8,11H2,1-2H3. The topological polar surface area (TPSA) is 14.2 Å². The van der Waals surface area contributed by atoms with Gasteiger partial charge in [0.2, 0.25) is 0 Å². The van der Waals surface area contributed by atoms with Crippen LogP contribution in [0.4, 0.5) is 0 Å². The summed E-state index contributed by atoms with van der Waals surface area (Å²) in [5.74, 6) is 2.46. The van der Waals surface area contributed by atoms with Crippen molar-refractivity contribution in [2.75, 3.05) is 13.2 Å². The summed E-state index contributed by atoms with van der Waals surface area (Å²) in [6.45, 7) is 7.09. The molecular weight excluding hydrogens is 222 g/mol. The average Bonchev–Trinajstić information content (AvgIpc) is 3.02. The lowest BCUT2D eigenvalue weighted by Crippen LogP contribution is -2.16. The molecule has 0 aliphatic heterocycles. The van der Waals surface area contributed by atoms with Crippen LogP contribution in [0.25, 0.3) is 0 Å². The lowest BCUT2D eigenvalue weighted by atomic mass is 9.95. The molecule has 98 valence electrons. The molecule has 0 spiro atoms. The van der Waals surface area contributed by atoms with Gasteiger partial charge in [-0.1, -0.05) is 12.2 Å². The van der Waals surface area contributed by atoms with Crippen LogP contribution in [0.3, 0.4) is 0 Å². The van der Waals surface area contributed by atoms with Crippen LogP contribution in [-0.4, -0.2) is 17.8 Å². The number of ether oxygens (including phenoxy) is 1. The van der Waals surface area contributed by atoms with Crippen molar-refractivity contribution in [3.8, 4) is 0 Å². The van der Waals surface area contributed by atoms with Crippen molar-refractivity contribution in [2.45, 2.75) is 33.2 Å². The number of hydrogen-bond acceptors (Lipinski definition) is 1. The van der Waals surface area contributed by atoms with Gasteiger partial charge in [0.25, 0.3) is 0 Å². The van der Waals surface area contributed by atoms with E-state index in [4.69, 9.17) is 4.74 Å². The zero-order valence-electron chi connectivity index (χ0n) is 11.4.